The van der Waals surface area contributed by atoms with Crippen LogP contribution >= 0.6 is 23.1 Å². The molecular weight excluding hydrogens is 409 g/mol. The lowest BCUT2D eigenvalue weighted by Gasteiger charge is -2.31. The van der Waals surface area contributed by atoms with Gasteiger partial charge in [0.05, 0.1) is 11.7 Å². The quantitative estimate of drug-likeness (QED) is 0.487. The summed E-state index contributed by atoms with van der Waals surface area (Å²) in [5.41, 5.74) is 2.63. The van der Waals surface area contributed by atoms with E-state index >= 15 is 0 Å². The van der Waals surface area contributed by atoms with Crippen molar-refractivity contribution in [3.63, 3.8) is 0 Å². The van der Waals surface area contributed by atoms with Crippen LogP contribution in [-0.4, -0.2) is 42.8 Å². The third-order valence-electron chi connectivity index (χ3n) is 5.10. The van der Waals surface area contributed by atoms with Crippen molar-refractivity contribution in [3.8, 4) is 10.6 Å². The molecule has 5 rings (SSSR count). The molecule has 2 aromatic carbocycles. The van der Waals surface area contributed by atoms with Crippen LogP contribution in [0, 0.1) is 5.82 Å². The van der Waals surface area contributed by atoms with Gasteiger partial charge in [-0.05, 0) is 43.2 Å². The van der Waals surface area contributed by atoms with Crippen LogP contribution in [0.3, 0.4) is 0 Å². The van der Waals surface area contributed by atoms with E-state index in [0.29, 0.717) is 29.2 Å². The fourth-order valence-corrected chi connectivity index (χ4v) is 5.12. The summed E-state index contributed by atoms with van der Waals surface area (Å²) >= 11 is 2.54. The Kier molecular flexibility index (Phi) is 4.76. The number of nitrogens with zero attached hydrogens (tertiary/aromatic N) is 5. The van der Waals surface area contributed by atoms with Gasteiger partial charge in [0.15, 0.2) is 5.01 Å². The van der Waals surface area contributed by atoms with E-state index in [1.807, 2.05) is 11.0 Å². The summed E-state index contributed by atoms with van der Waals surface area (Å²) in [7, 11) is 0. The van der Waals surface area contributed by atoms with Crippen LogP contribution in [0.4, 0.5) is 4.39 Å². The third kappa shape index (κ3) is 3.51. The maximum Gasteiger partial charge on any atom is 0.253 e. The first kappa shape index (κ1) is 18.3. The number of carbonyl (C=O) groups is 1. The summed E-state index contributed by atoms with van der Waals surface area (Å²) in [5, 5.41) is 9.91. The summed E-state index contributed by atoms with van der Waals surface area (Å²) in [5.74, 6) is -0.207. The molecule has 4 aromatic rings. The fraction of sp³-hybridized carbons (Fsp3) is 0.250. The van der Waals surface area contributed by atoms with Crippen molar-refractivity contribution >= 4 is 40.0 Å². The van der Waals surface area contributed by atoms with Gasteiger partial charge in [-0.3, -0.25) is 4.79 Å². The van der Waals surface area contributed by atoms with Gasteiger partial charge in [-0.2, -0.15) is 8.75 Å². The average molecular weight is 426 g/mol. The number of aromatic nitrogens is 4. The van der Waals surface area contributed by atoms with Gasteiger partial charge in [0.2, 0.25) is 0 Å². The molecule has 6 nitrogen and oxygen atoms in total. The van der Waals surface area contributed by atoms with Gasteiger partial charge in [-0.1, -0.05) is 23.5 Å². The number of rotatable bonds is 3. The van der Waals surface area contributed by atoms with Crippen molar-refractivity contribution in [1.82, 2.24) is 23.8 Å². The highest BCUT2D eigenvalue weighted by atomic mass is 32.1. The molecule has 1 saturated heterocycles. The molecule has 2 aromatic heterocycles. The van der Waals surface area contributed by atoms with Crippen molar-refractivity contribution < 1.29 is 9.18 Å². The highest BCUT2D eigenvalue weighted by Gasteiger charge is 2.28. The van der Waals surface area contributed by atoms with Gasteiger partial charge in [0.25, 0.3) is 5.91 Å². The molecule has 1 fully saturated rings. The van der Waals surface area contributed by atoms with Gasteiger partial charge in [0, 0.05) is 30.1 Å². The van der Waals surface area contributed by atoms with Gasteiger partial charge >= 0.3 is 0 Å². The first-order chi connectivity index (χ1) is 14.2. The van der Waals surface area contributed by atoms with Crippen molar-refractivity contribution in [2.45, 2.75) is 18.8 Å². The van der Waals surface area contributed by atoms with Crippen molar-refractivity contribution in [3.05, 3.63) is 58.9 Å². The normalized spacial score (nSPS) is 17.0. The number of carbonyl (C=O) groups excluding carboxylic acids is 1. The molecule has 1 atom stereocenters. The van der Waals surface area contributed by atoms with Crippen LogP contribution in [0.25, 0.3) is 21.6 Å². The Balaban J connectivity index is 1.35. The van der Waals surface area contributed by atoms with Crippen molar-refractivity contribution in [2.75, 3.05) is 13.1 Å². The lowest BCUT2D eigenvalue weighted by molar-refractivity contribution is 0.0707. The monoisotopic (exact) mass is 425 g/mol. The largest absolute Gasteiger partial charge is 0.338 e. The predicted octanol–water partition coefficient (Wildman–Crippen LogP) is 4.37. The third-order valence-corrected chi connectivity index (χ3v) is 6.78. The van der Waals surface area contributed by atoms with E-state index < -0.39 is 0 Å². The number of hydrogen-bond donors (Lipinski definition) is 0. The second-order valence-corrected chi connectivity index (χ2v) is 8.52. The Morgan fingerprint density at radius 1 is 1.10 bits per heavy atom. The minimum atomic E-state index is -0.303. The molecule has 29 heavy (non-hydrogen) atoms. The summed E-state index contributed by atoms with van der Waals surface area (Å²) in [6, 6.07) is 12.0. The minimum Gasteiger partial charge on any atom is -0.338 e. The van der Waals surface area contributed by atoms with E-state index in [4.69, 9.17) is 0 Å². The fourth-order valence-electron chi connectivity index (χ4n) is 3.60. The zero-order valence-corrected chi connectivity index (χ0v) is 16.9. The standard InChI is InChI=1S/C20H16FN5OS2/c21-15-6-2-1-5-14(15)19-23-22-18(28-19)13-4-3-9-26(11-13)20(27)12-7-8-16-17(10-12)25-29-24-16/h1-2,5-8,10,13H,3-4,9,11H2/t13-/m0/s1. The zero-order valence-electron chi connectivity index (χ0n) is 15.3. The average Bonchev–Trinajstić information content (AvgIpc) is 3.43. The SMILES string of the molecule is O=C(c1ccc2nsnc2c1)N1CCC[C@H](c2nnc(-c3ccccc3F)s2)C1. The summed E-state index contributed by atoms with van der Waals surface area (Å²) in [6.45, 7) is 1.29. The van der Waals surface area contributed by atoms with E-state index in [1.54, 1.807) is 30.3 Å². The van der Waals surface area contributed by atoms with Crippen LogP contribution in [-0.2, 0) is 0 Å². The first-order valence-corrected chi connectivity index (χ1v) is 10.8. The molecule has 0 N–H and O–H groups in total. The van der Waals surface area contributed by atoms with Crippen LogP contribution in [0.15, 0.2) is 42.5 Å². The van der Waals surface area contributed by atoms with Crippen molar-refractivity contribution in [1.29, 1.82) is 0 Å². The van der Waals surface area contributed by atoms with E-state index in [-0.39, 0.29) is 17.6 Å². The summed E-state index contributed by atoms with van der Waals surface area (Å²) in [4.78, 5) is 14.9. The second kappa shape index (κ2) is 7.57. The molecule has 9 heteroatoms. The Bertz CT molecular complexity index is 1190. The van der Waals surface area contributed by atoms with Gasteiger partial charge in [-0.25, -0.2) is 4.39 Å². The highest BCUT2D eigenvalue weighted by Crippen LogP contribution is 2.34. The van der Waals surface area contributed by atoms with E-state index in [0.717, 1.165) is 40.6 Å². The number of amides is 1. The molecule has 3 heterocycles. The molecule has 0 saturated carbocycles. The molecule has 0 bridgehead atoms. The van der Waals surface area contributed by atoms with E-state index in [2.05, 4.69) is 18.9 Å². The summed E-state index contributed by atoms with van der Waals surface area (Å²) in [6.07, 6.45) is 1.83. The molecule has 1 aliphatic rings. The lowest BCUT2D eigenvalue weighted by atomic mass is 9.98. The van der Waals surface area contributed by atoms with Crippen molar-refractivity contribution in [2.24, 2.45) is 0 Å². The first-order valence-electron chi connectivity index (χ1n) is 9.29. The number of likely N-dealkylation sites (tertiary alicyclic amines) is 1. The van der Waals surface area contributed by atoms with Gasteiger partial charge in [-0.15, -0.1) is 10.2 Å². The molecule has 1 amide bonds. The number of benzene rings is 2. The van der Waals surface area contributed by atoms with Gasteiger partial charge in [0.1, 0.15) is 21.9 Å². The Hall–Kier alpha value is -2.78. The zero-order chi connectivity index (χ0) is 19.8. The number of fused-ring (bicyclic) bond motifs is 1. The number of halogens is 1. The maximum atomic E-state index is 14.0. The number of hydrogen-bond acceptors (Lipinski definition) is 7. The highest BCUT2D eigenvalue weighted by molar-refractivity contribution is 7.14. The van der Waals surface area contributed by atoms with Crippen LogP contribution < -0.4 is 0 Å². The Labute approximate surface area is 174 Å². The second-order valence-electron chi connectivity index (χ2n) is 6.98. The van der Waals surface area contributed by atoms with Gasteiger partial charge < -0.3 is 4.90 Å². The van der Waals surface area contributed by atoms with E-state index in [1.165, 1.54) is 17.4 Å². The van der Waals surface area contributed by atoms with Crippen LogP contribution in [0.2, 0.25) is 0 Å². The number of piperidine rings is 1. The van der Waals surface area contributed by atoms with Crippen LogP contribution in [0.1, 0.15) is 34.1 Å². The topological polar surface area (TPSA) is 71.9 Å². The molecule has 1 aliphatic heterocycles. The maximum absolute atomic E-state index is 14.0. The molecule has 0 spiro atoms. The minimum absolute atomic E-state index is 0.0107. The lowest BCUT2D eigenvalue weighted by Crippen LogP contribution is -2.39. The Morgan fingerprint density at radius 3 is 2.86 bits per heavy atom. The molecule has 146 valence electrons. The summed E-state index contributed by atoms with van der Waals surface area (Å²) < 4.78 is 22.4. The molecule has 0 unspecified atom stereocenters. The van der Waals surface area contributed by atoms with E-state index in [9.17, 15) is 9.18 Å². The predicted molar refractivity (Wildman–Crippen MR) is 111 cm³/mol. The molecular formula is C20H16FN5OS2. The smallest absolute Gasteiger partial charge is 0.253 e. The Morgan fingerprint density at radius 2 is 1.97 bits per heavy atom. The van der Waals surface area contributed by atoms with Crippen LogP contribution in [0.5, 0.6) is 0 Å². The molecule has 0 radical (unpaired) electrons. The molecule has 0 aliphatic carbocycles.